The first-order chi connectivity index (χ1) is 20.2. The van der Waals surface area contributed by atoms with E-state index in [0.29, 0.717) is 24.5 Å². The molecule has 0 aliphatic heterocycles. The molecule has 1 aliphatic rings. The van der Waals surface area contributed by atoms with Crippen LogP contribution in [0.25, 0.3) is 0 Å². The van der Waals surface area contributed by atoms with Crippen molar-refractivity contribution >= 4 is 27.5 Å². The predicted molar refractivity (Wildman–Crippen MR) is 166 cm³/mol. The normalized spacial score (nSPS) is 14.3. The third-order valence-electron chi connectivity index (χ3n) is 7.69. The van der Waals surface area contributed by atoms with Crippen molar-refractivity contribution in [3.63, 3.8) is 0 Å². The van der Waals surface area contributed by atoms with Gasteiger partial charge in [0, 0.05) is 19.0 Å². The van der Waals surface area contributed by atoms with E-state index in [1.54, 1.807) is 29.2 Å². The molecule has 3 aromatic rings. The Morgan fingerprint density at radius 2 is 1.60 bits per heavy atom. The van der Waals surface area contributed by atoms with E-state index >= 15 is 0 Å². The quantitative estimate of drug-likeness (QED) is 0.306. The van der Waals surface area contributed by atoms with Crippen LogP contribution >= 0.6 is 0 Å². The molecular weight excluding hydrogens is 550 g/mol. The number of ether oxygens (including phenoxy) is 1. The molecule has 42 heavy (non-hydrogen) atoms. The van der Waals surface area contributed by atoms with Crippen LogP contribution in [-0.2, 0) is 32.6 Å². The van der Waals surface area contributed by atoms with Gasteiger partial charge in [-0.1, -0.05) is 67.4 Å². The van der Waals surface area contributed by atoms with Crippen LogP contribution in [0.15, 0.2) is 78.9 Å². The largest absolute Gasteiger partial charge is 0.494 e. The highest BCUT2D eigenvalue weighted by Crippen LogP contribution is 2.24. The smallest absolute Gasteiger partial charge is 0.244 e. The molecule has 0 aromatic heterocycles. The lowest BCUT2D eigenvalue weighted by Crippen LogP contribution is -2.54. The molecular formula is C33H41N3O5S. The maximum absolute atomic E-state index is 14.2. The van der Waals surface area contributed by atoms with Crippen LogP contribution in [0.2, 0.25) is 0 Å². The second-order valence-corrected chi connectivity index (χ2v) is 12.7. The Morgan fingerprint density at radius 3 is 2.21 bits per heavy atom. The maximum atomic E-state index is 14.2. The first-order valence-electron chi connectivity index (χ1n) is 14.5. The Kier molecular flexibility index (Phi) is 10.6. The molecule has 1 fully saturated rings. The molecule has 9 heteroatoms. The van der Waals surface area contributed by atoms with Crippen LogP contribution in [0.4, 0.5) is 5.69 Å². The number of hydrogen-bond acceptors (Lipinski definition) is 5. The highest BCUT2D eigenvalue weighted by molar-refractivity contribution is 7.92. The molecule has 0 radical (unpaired) electrons. The van der Waals surface area contributed by atoms with E-state index < -0.39 is 28.5 Å². The molecule has 0 saturated heterocycles. The van der Waals surface area contributed by atoms with Gasteiger partial charge in [-0.05, 0) is 67.6 Å². The number of rotatable bonds is 13. The molecule has 3 aromatic carbocycles. The fraction of sp³-hybridized carbons (Fsp3) is 0.394. The number of sulfonamides is 1. The third kappa shape index (κ3) is 8.35. The highest BCUT2D eigenvalue weighted by atomic mass is 32.2. The number of nitrogens with one attached hydrogen (secondary N) is 1. The van der Waals surface area contributed by atoms with E-state index in [1.807, 2.05) is 68.4 Å². The molecule has 1 aliphatic carbocycles. The predicted octanol–water partition coefficient (Wildman–Crippen LogP) is 4.86. The minimum absolute atomic E-state index is 0.0718. The Morgan fingerprint density at radius 1 is 0.952 bits per heavy atom. The van der Waals surface area contributed by atoms with Crippen LogP contribution in [0.3, 0.4) is 0 Å². The van der Waals surface area contributed by atoms with Gasteiger partial charge in [-0.15, -0.1) is 0 Å². The molecule has 1 N–H and O–H groups in total. The Bertz CT molecular complexity index is 1440. The van der Waals surface area contributed by atoms with Crippen molar-refractivity contribution in [1.29, 1.82) is 0 Å². The third-order valence-corrected chi connectivity index (χ3v) is 8.83. The minimum atomic E-state index is -3.83. The van der Waals surface area contributed by atoms with Gasteiger partial charge in [-0.3, -0.25) is 13.9 Å². The van der Waals surface area contributed by atoms with Gasteiger partial charge in [0.2, 0.25) is 21.8 Å². The SMILES string of the molecule is CCOc1ccc(N(CC(=O)N(Cc2ccccc2C)[C@H](Cc2ccccc2)C(=O)NC2CCCC2)S(C)(=O)=O)cc1. The first-order valence-corrected chi connectivity index (χ1v) is 16.4. The molecule has 8 nitrogen and oxygen atoms in total. The maximum Gasteiger partial charge on any atom is 0.244 e. The zero-order valence-electron chi connectivity index (χ0n) is 24.7. The Hall–Kier alpha value is -3.85. The van der Waals surface area contributed by atoms with E-state index in [2.05, 4.69) is 5.32 Å². The second kappa shape index (κ2) is 14.4. The van der Waals surface area contributed by atoms with Gasteiger partial charge in [0.1, 0.15) is 18.3 Å². The van der Waals surface area contributed by atoms with E-state index in [1.165, 1.54) is 0 Å². The Labute approximate surface area is 249 Å². The van der Waals surface area contributed by atoms with Crippen molar-refractivity contribution in [3.05, 3.63) is 95.6 Å². The first kappa shape index (κ1) is 31.1. The van der Waals surface area contributed by atoms with Crippen LogP contribution in [0.5, 0.6) is 5.75 Å². The summed E-state index contributed by atoms with van der Waals surface area (Å²) < 4.78 is 32.6. The number of amides is 2. The number of carbonyl (C=O) groups excluding carboxylic acids is 2. The number of carbonyl (C=O) groups is 2. The summed E-state index contributed by atoms with van der Waals surface area (Å²) in [5.41, 5.74) is 3.14. The molecule has 0 spiro atoms. The standard InChI is InChI=1S/C33H41N3O5S/c1-4-41-30-20-18-29(19-21-30)36(42(3,39)40)24-32(37)35(23-27-15-9-8-12-25(27)2)31(22-26-13-6-5-7-14-26)33(38)34-28-16-10-11-17-28/h5-9,12-15,18-21,28,31H,4,10-11,16-17,22-24H2,1-3H3,(H,34,38)/t31-/m1/s1. The number of aryl methyl sites for hydroxylation is 1. The van der Waals surface area contributed by atoms with Gasteiger partial charge in [-0.2, -0.15) is 0 Å². The van der Waals surface area contributed by atoms with Gasteiger partial charge in [0.15, 0.2) is 0 Å². The summed E-state index contributed by atoms with van der Waals surface area (Å²) in [7, 11) is -3.83. The van der Waals surface area contributed by atoms with Gasteiger partial charge >= 0.3 is 0 Å². The summed E-state index contributed by atoms with van der Waals surface area (Å²) in [5.74, 6) is -0.0755. The zero-order valence-corrected chi connectivity index (χ0v) is 25.5. The highest BCUT2D eigenvalue weighted by Gasteiger charge is 2.34. The van der Waals surface area contributed by atoms with E-state index in [-0.39, 0.29) is 18.5 Å². The molecule has 0 bridgehead atoms. The van der Waals surface area contributed by atoms with Crippen molar-refractivity contribution in [2.75, 3.05) is 23.7 Å². The van der Waals surface area contributed by atoms with Crippen molar-refractivity contribution < 1.29 is 22.7 Å². The van der Waals surface area contributed by atoms with Gasteiger partial charge in [0.25, 0.3) is 0 Å². The topological polar surface area (TPSA) is 96.0 Å². The molecule has 4 rings (SSSR count). The molecule has 224 valence electrons. The summed E-state index contributed by atoms with van der Waals surface area (Å²) in [6, 6.07) is 23.2. The molecule has 1 atom stereocenters. The van der Waals surface area contributed by atoms with E-state index in [4.69, 9.17) is 4.74 Å². The van der Waals surface area contributed by atoms with Crippen molar-refractivity contribution in [1.82, 2.24) is 10.2 Å². The summed E-state index contributed by atoms with van der Waals surface area (Å²) in [6.07, 6.45) is 5.33. The van der Waals surface area contributed by atoms with Crippen LogP contribution in [0, 0.1) is 6.92 Å². The lowest BCUT2D eigenvalue weighted by molar-refractivity contribution is -0.140. The number of anilines is 1. The van der Waals surface area contributed by atoms with Gasteiger partial charge < -0.3 is 15.0 Å². The summed E-state index contributed by atoms with van der Waals surface area (Å²) in [4.78, 5) is 29.7. The Balaban J connectivity index is 1.71. The van der Waals surface area contributed by atoms with Crippen LogP contribution in [0.1, 0.15) is 49.3 Å². The summed E-state index contributed by atoms with van der Waals surface area (Å²) >= 11 is 0. The van der Waals surface area contributed by atoms with Gasteiger partial charge in [0.05, 0.1) is 18.6 Å². The van der Waals surface area contributed by atoms with Crippen molar-refractivity contribution in [2.24, 2.45) is 0 Å². The monoisotopic (exact) mass is 591 g/mol. The van der Waals surface area contributed by atoms with E-state index in [9.17, 15) is 18.0 Å². The zero-order chi connectivity index (χ0) is 30.1. The molecule has 0 heterocycles. The van der Waals surface area contributed by atoms with Crippen LogP contribution in [-0.4, -0.2) is 56.6 Å². The summed E-state index contributed by atoms with van der Waals surface area (Å²) in [6.45, 7) is 4.04. The number of hydrogen-bond donors (Lipinski definition) is 1. The second-order valence-electron chi connectivity index (χ2n) is 10.8. The van der Waals surface area contributed by atoms with Crippen molar-refractivity contribution in [2.45, 2.75) is 64.6 Å². The molecule has 1 saturated carbocycles. The average Bonchev–Trinajstić information content (AvgIpc) is 3.48. The fourth-order valence-corrected chi connectivity index (χ4v) is 6.23. The van der Waals surface area contributed by atoms with Gasteiger partial charge in [-0.25, -0.2) is 8.42 Å². The fourth-order valence-electron chi connectivity index (χ4n) is 5.38. The molecule has 2 amide bonds. The van der Waals surface area contributed by atoms with Crippen LogP contribution < -0.4 is 14.4 Å². The lowest BCUT2D eigenvalue weighted by Gasteiger charge is -2.34. The molecule has 0 unspecified atom stereocenters. The minimum Gasteiger partial charge on any atom is -0.494 e. The number of nitrogens with zero attached hydrogens (tertiary/aromatic N) is 2. The summed E-state index contributed by atoms with van der Waals surface area (Å²) in [5, 5.41) is 3.19. The number of benzene rings is 3. The van der Waals surface area contributed by atoms with E-state index in [0.717, 1.165) is 52.9 Å². The van der Waals surface area contributed by atoms with Crippen molar-refractivity contribution in [3.8, 4) is 5.75 Å². The lowest BCUT2D eigenvalue weighted by atomic mass is 10.0. The average molecular weight is 592 g/mol.